The number of aromatic amines is 1. The summed E-state index contributed by atoms with van der Waals surface area (Å²) in [6.45, 7) is 11.4. The molecule has 1 N–H and O–H groups in total. The van der Waals surface area contributed by atoms with E-state index in [-0.39, 0.29) is 41.5 Å². The Bertz CT molecular complexity index is 790. The number of H-pyrrole nitrogens is 1. The van der Waals surface area contributed by atoms with E-state index in [1.54, 1.807) is 17.3 Å². The number of halogens is 1. The third-order valence-electron chi connectivity index (χ3n) is 5.52. The van der Waals surface area contributed by atoms with Gasteiger partial charge in [-0.1, -0.05) is 13.8 Å². The number of carbonyl (C=O) groups excluding carboxylic acids is 2. The van der Waals surface area contributed by atoms with Crippen molar-refractivity contribution >= 4 is 17.6 Å². The fourth-order valence-electron chi connectivity index (χ4n) is 3.72. The largest absolute Gasteiger partial charge is 1.00 e. The normalized spacial score (nSPS) is 20.3. The number of hydrogen-bond acceptors (Lipinski definition) is 4. The lowest BCUT2D eigenvalue weighted by Gasteiger charge is -2.41. The molecule has 3 heterocycles. The van der Waals surface area contributed by atoms with E-state index in [2.05, 4.69) is 38.1 Å². The molecule has 0 bridgehead atoms. The highest BCUT2D eigenvalue weighted by atomic mass is 127. The maximum atomic E-state index is 13.3. The maximum Gasteiger partial charge on any atom is 0.342 e. The highest BCUT2D eigenvalue weighted by molar-refractivity contribution is 6.16. The van der Waals surface area contributed by atoms with Gasteiger partial charge in [0, 0.05) is 23.7 Å². The number of nitrogens with zero attached hydrogens (tertiary/aromatic N) is 4. The summed E-state index contributed by atoms with van der Waals surface area (Å²) in [5.41, 5.74) is 1.52. The second-order valence-corrected chi connectivity index (χ2v) is 9.32. The Balaban J connectivity index is 0.00000300. The van der Waals surface area contributed by atoms with Crippen LogP contribution in [0.25, 0.3) is 5.57 Å². The van der Waals surface area contributed by atoms with E-state index in [4.69, 9.17) is 4.74 Å². The monoisotopic (exact) mass is 517 g/mol. The van der Waals surface area contributed by atoms with Crippen LogP contribution in [0.2, 0.25) is 0 Å². The van der Waals surface area contributed by atoms with Gasteiger partial charge < -0.3 is 38.1 Å². The number of nitrogens with one attached hydrogen (secondary N) is 1. The first-order chi connectivity index (χ1) is 13.0. The predicted molar refractivity (Wildman–Crippen MR) is 106 cm³/mol. The molecule has 1 fully saturated rings. The first kappa shape index (κ1) is 23.7. The van der Waals surface area contributed by atoms with Gasteiger partial charge in [-0.05, 0) is 13.8 Å². The summed E-state index contributed by atoms with van der Waals surface area (Å²) in [5.74, 6) is -0.451. The molecule has 2 amide bonds. The summed E-state index contributed by atoms with van der Waals surface area (Å²) in [5, 5.41) is 7.07. The van der Waals surface area contributed by atoms with Crippen molar-refractivity contribution in [3.05, 3.63) is 23.7 Å². The van der Waals surface area contributed by atoms with E-state index < -0.39 is 5.97 Å². The number of likely N-dealkylation sites (N-methyl/N-ethyl adjacent to an activating group) is 1. The number of aromatic nitrogens is 2. The molecule has 0 unspecified atom stereocenters. The van der Waals surface area contributed by atoms with Crippen LogP contribution in [0.15, 0.2) is 12.4 Å². The van der Waals surface area contributed by atoms with Gasteiger partial charge in [0.2, 0.25) is 0 Å². The van der Waals surface area contributed by atoms with Gasteiger partial charge in [0.15, 0.2) is 0 Å². The molecule has 1 saturated heterocycles. The summed E-state index contributed by atoms with van der Waals surface area (Å²) in [6.07, 6.45) is 3.12. The minimum atomic E-state index is -0.451. The first-order valence-electron chi connectivity index (χ1n) is 9.85. The molecule has 8 nitrogen and oxygen atoms in total. The predicted octanol–water partition coefficient (Wildman–Crippen LogP) is -1.19. The average Bonchev–Trinajstić information content (AvgIpc) is 3.03. The molecule has 1 aromatic heterocycles. The first-order valence-corrected chi connectivity index (χ1v) is 9.85. The molecule has 2 aliphatic heterocycles. The Hall–Kier alpha value is -1.62. The molecule has 0 spiro atoms. The van der Waals surface area contributed by atoms with Crippen LogP contribution in [0, 0.1) is 0 Å². The smallest absolute Gasteiger partial charge is 0.342 e. The number of ether oxygens (including phenoxy) is 1. The van der Waals surface area contributed by atoms with Gasteiger partial charge in [0.25, 0.3) is 0 Å². The van der Waals surface area contributed by atoms with Crippen LogP contribution in [-0.2, 0) is 14.9 Å². The SMILES string of the molecule is CC(C)OC(=O)C1=CN(C(=O)N2CC[N+](C)(C)CC2)CC(C)(C)c2cn[nH]c21.[I-]. The number of amides is 2. The summed E-state index contributed by atoms with van der Waals surface area (Å²) in [4.78, 5) is 29.6. The van der Waals surface area contributed by atoms with Crippen molar-refractivity contribution in [2.75, 3.05) is 46.8 Å². The summed E-state index contributed by atoms with van der Waals surface area (Å²) >= 11 is 0. The molecule has 1 aromatic rings. The molecule has 9 heteroatoms. The van der Waals surface area contributed by atoms with Crippen molar-refractivity contribution in [2.45, 2.75) is 39.2 Å². The lowest BCUT2D eigenvalue weighted by molar-refractivity contribution is -0.894. The standard InChI is InChI=1S/C20H32N5O3.HI/c1-14(2)28-18(26)15-12-24(13-20(3,4)16-11-21-22-17(15)16)19(27)23-7-9-25(5,6)10-8-23;/h11-12,14H,7-10,13H2,1-6H3,(H,21,22);1H/q+1;/p-1. The van der Waals surface area contributed by atoms with Crippen LogP contribution >= 0.6 is 0 Å². The zero-order valence-corrected chi connectivity index (χ0v) is 20.3. The van der Waals surface area contributed by atoms with Gasteiger partial charge in [0.1, 0.15) is 5.57 Å². The number of rotatable bonds is 2. The zero-order valence-electron chi connectivity index (χ0n) is 18.2. The number of carbonyl (C=O) groups is 2. The van der Waals surface area contributed by atoms with Crippen LogP contribution in [0.1, 0.15) is 39.0 Å². The van der Waals surface area contributed by atoms with Gasteiger partial charge in [-0.2, -0.15) is 5.10 Å². The second kappa shape index (κ2) is 8.63. The van der Waals surface area contributed by atoms with Crippen molar-refractivity contribution in [1.82, 2.24) is 20.0 Å². The number of quaternary nitrogens is 1. The van der Waals surface area contributed by atoms with Gasteiger partial charge in [-0.25, -0.2) is 9.59 Å². The van der Waals surface area contributed by atoms with E-state index in [1.165, 1.54) is 0 Å². The Morgan fingerprint density at radius 1 is 1.24 bits per heavy atom. The third-order valence-corrected chi connectivity index (χ3v) is 5.52. The van der Waals surface area contributed by atoms with E-state index in [9.17, 15) is 9.59 Å². The fraction of sp³-hybridized carbons (Fsp3) is 0.650. The molecule has 0 saturated carbocycles. The molecular formula is C20H32IN5O3. The molecule has 29 heavy (non-hydrogen) atoms. The Labute approximate surface area is 189 Å². The van der Waals surface area contributed by atoms with Crippen molar-refractivity contribution < 1.29 is 42.8 Å². The van der Waals surface area contributed by atoms with Crippen molar-refractivity contribution in [3.8, 4) is 0 Å². The summed E-state index contributed by atoms with van der Waals surface area (Å²) < 4.78 is 6.34. The summed E-state index contributed by atoms with van der Waals surface area (Å²) in [6, 6.07) is -0.0688. The minimum absolute atomic E-state index is 0. The van der Waals surface area contributed by atoms with E-state index in [0.29, 0.717) is 30.9 Å². The van der Waals surface area contributed by atoms with Crippen LogP contribution in [0.3, 0.4) is 0 Å². The Kier molecular flexibility index (Phi) is 7.04. The molecule has 0 aromatic carbocycles. The highest BCUT2D eigenvalue weighted by Gasteiger charge is 2.38. The highest BCUT2D eigenvalue weighted by Crippen LogP contribution is 2.34. The fourth-order valence-corrected chi connectivity index (χ4v) is 3.72. The summed E-state index contributed by atoms with van der Waals surface area (Å²) in [7, 11) is 4.35. The van der Waals surface area contributed by atoms with Crippen molar-refractivity contribution in [1.29, 1.82) is 0 Å². The molecule has 162 valence electrons. The zero-order chi connectivity index (χ0) is 20.7. The number of urea groups is 1. The Morgan fingerprint density at radius 2 is 1.86 bits per heavy atom. The molecular weight excluding hydrogens is 485 g/mol. The number of hydrogen-bond donors (Lipinski definition) is 1. The lowest BCUT2D eigenvalue weighted by atomic mass is 9.84. The van der Waals surface area contributed by atoms with Gasteiger partial charge in [-0.15, -0.1) is 0 Å². The van der Waals surface area contributed by atoms with Crippen LogP contribution < -0.4 is 24.0 Å². The second-order valence-electron chi connectivity index (χ2n) is 9.32. The van der Waals surface area contributed by atoms with Gasteiger partial charge in [0.05, 0.1) is 58.3 Å². The van der Waals surface area contributed by atoms with Gasteiger partial charge in [-0.3, -0.25) is 10.00 Å². The maximum absolute atomic E-state index is 13.3. The average molecular weight is 517 g/mol. The van der Waals surface area contributed by atoms with E-state index in [1.807, 2.05) is 18.7 Å². The molecule has 2 aliphatic rings. The number of esters is 1. The van der Waals surface area contributed by atoms with Crippen LogP contribution in [-0.4, -0.2) is 89.4 Å². The molecule has 0 atom stereocenters. The number of fused-ring (bicyclic) bond motifs is 1. The van der Waals surface area contributed by atoms with Gasteiger partial charge >= 0.3 is 12.0 Å². The van der Waals surface area contributed by atoms with E-state index >= 15 is 0 Å². The molecule has 3 rings (SSSR count). The van der Waals surface area contributed by atoms with Crippen molar-refractivity contribution in [2.24, 2.45) is 0 Å². The Morgan fingerprint density at radius 3 is 2.45 bits per heavy atom. The topological polar surface area (TPSA) is 78.5 Å². The van der Waals surface area contributed by atoms with Crippen LogP contribution in [0.5, 0.6) is 0 Å². The molecule has 0 aliphatic carbocycles. The lowest BCUT2D eigenvalue weighted by Crippen LogP contribution is -3.00. The van der Waals surface area contributed by atoms with Crippen LogP contribution in [0.4, 0.5) is 4.79 Å². The minimum Gasteiger partial charge on any atom is -1.00 e. The molecule has 0 radical (unpaired) electrons. The number of piperazine rings is 1. The third kappa shape index (κ3) is 5.11. The quantitative estimate of drug-likeness (QED) is 0.304. The van der Waals surface area contributed by atoms with Crippen molar-refractivity contribution in [3.63, 3.8) is 0 Å². The van der Waals surface area contributed by atoms with E-state index in [0.717, 1.165) is 23.1 Å².